The van der Waals surface area contributed by atoms with Crippen molar-refractivity contribution in [3.05, 3.63) is 29.8 Å². The van der Waals surface area contributed by atoms with E-state index in [2.05, 4.69) is 5.32 Å². The van der Waals surface area contributed by atoms with E-state index >= 15 is 0 Å². The fourth-order valence-electron chi connectivity index (χ4n) is 1.24. The van der Waals surface area contributed by atoms with Gasteiger partial charge < -0.3 is 10.4 Å². The van der Waals surface area contributed by atoms with E-state index in [4.69, 9.17) is 10.4 Å². The summed E-state index contributed by atoms with van der Waals surface area (Å²) in [4.78, 5) is 22.0. The third-order valence-electron chi connectivity index (χ3n) is 2.19. The van der Waals surface area contributed by atoms with Gasteiger partial charge in [-0.15, -0.1) is 0 Å². The van der Waals surface area contributed by atoms with Crippen molar-refractivity contribution in [2.75, 3.05) is 5.32 Å². The van der Waals surface area contributed by atoms with Gasteiger partial charge in [-0.25, -0.2) is 0 Å². The molecule has 0 radical (unpaired) electrons. The molecule has 0 aromatic heterocycles. The maximum atomic E-state index is 11.5. The fraction of sp³-hybridized carbons (Fsp3) is 0.250. The number of anilines is 1. The van der Waals surface area contributed by atoms with Gasteiger partial charge >= 0.3 is 5.97 Å². The monoisotopic (exact) mass is 232 g/mol. The average molecular weight is 232 g/mol. The second-order valence-corrected chi connectivity index (χ2v) is 3.68. The summed E-state index contributed by atoms with van der Waals surface area (Å²) in [6, 6.07) is 8.40. The molecule has 17 heavy (non-hydrogen) atoms. The Labute approximate surface area is 98.7 Å². The number of benzene rings is 1. The van der Waals surface area contributed by atoms with E-state index in [1.807, 2.05) is 6.07 Å². The maximum absolute atomic E-state index is 11.5. The molecule has 0 saturated heterocycles. The van der Waals surface area contributed by atoms with Crippen LogP contribution in [0.3, 0.4) is 0 Å². The number of nitrogens with zero attached hydrogens (tertiary/aromatic N) is 1. The number of nitrogens with one attached hydrogen (secondary N) is 1. The first kappa shape index (κ1) is 12.7. The zero-order valence-electron chi connectivity index (χ0n) is 9.30. The minimum atomic E-state index is -1.01. The van der Waals surface area contributed by atoms with E-state index < -0.39 is 11.9 Å². The molecule has 1 aromatic carbocycles. The third kappa shape index (κ3) is 3.95. The Balaban J connectivity index is 2.62. The van der Waals surface area contributed by atoms with Crippen molar-refractivity contribution in [2.45, 2.75) is 13.3 Å². The first-order valence-electron chi connectivity index (χ1n) is 5.05. The predicted octanol–water partition coefficient (Wildman–Crippen LogP) is 1.61. The molecule has 0 spiro atoms. The predicted molar refractivity (Wildman–Crippen MR) is 61.2 cm³/mol. The summed E-state index contributed by atoms with van der Waals surface area (Å²) >= 11 is 0. The second-order valence-electron chi connectivity index (χ2n) is 3.68. The van der Waals surface area contributed by atoms with Crippen LogP contribution >= 0.6 is 0 Å². The number of carboxylic acids is 1. The van der Waals surface area contributed by atoms with E-state index in [0.717, 1.165) is 0 Å². The van der Waals surface area contributed by atoms with Crippen LogP contribution in [0.15, 0.2) is 24.3 Å². The molecule has 0 bridgehead atoms. The number of nitriles is 1. The number of carbonyl (C=O) groups is 2. The summed E-state index contributed by atoms with van der Waals surface area (Å²) in [5.41, 5.74) is 0.931. The summed E-state index contributed by atoms with van der Waals surface area (Å²) in [6.07, 6.45) is -0.0912. The van der Waals surface area contributed by atoms with Gasteiger partial charge in [0.05, 0.1) is 17.6 Å². The Morgan fingerprint density at radius 3 is 2.82 bits per heavy atom. The van der Waals surface area contributed by atoms with Gasteiger partial charge in [0.1, 0.15) is 0 Å². The molecule has 1 amide bonds. The SMILES string of the molecule is CC(CC(=O)Nc1cccc(C#N)c1)C(=O)O. The number of hydrogen-bond acceptors (Lipinski definition) is 3. The van der Waals surface area contributed by atoms with Gasteiger partial charge in [-0.3, -0.25) is 9.59 Å². The van der Waals surface area contributed by atoms with E-state index in [-0.39, 0.29) is 12.3 Å². The summed E-state index contributed by atoms with van der Waals surface area (Å²) in [5, 5.41) is 19.9. The van der Waals surface area contributed by atoms with E-state index in [0.29, 0.717) is 11.3 Å². The Bertz CT molecular complexity index is 477. The van der Waals surface area contributed by atoms with Crippen molar-refractivity contribution in [2.24, 2.45) is 5.92 Å². The molecule has 1 unspecified atom stereocenters. The van der Waals surface area contributed by atoms with Crippen molar-refractivity contribution in [1.82, 2.24) is 0 Å². The Kier molecular flexibility index (Phi) is 4.23. The Hall–Kier alpha value is -2.35. The number of rotatable bonds is 4. The highest BCUT2D eigenvalue weighted by atomic mass is 16.4. The van der Waals surface area contributed by atoms with Crippen LogP contribution in [0.4, 0.5) is 5.69 Å². The van der Waals surface area contributed by atoms with Gasteiger partial charge in [0.25, 0.3) is 0 Å². The first-order valence-corrected chi connectivity index (χ1v) is 5.05. The topological polar surface area (TPSA) is 90.2 Å². The van der Waals surface area contributed by atoms with Crippen molar-refractivity contribution in [1.29, 1.82) is 5.26 Å². The van der Waals surface area contributed by atoms with Gasteiger partial charge in [0.15, 0.2) is 0 Å². The number of carboxylic acid groups (broad SMARTS) is 1. The van der Waals surface area contributed by atoms with Crippen LogP contribution in [-0.2, 0) is 9.59 Å². The molecule has 1 aromatic rings. The van der Waals surface area contributed by atoms with Gasteiger partial charge in [-0.05, 0) is 18.2 Å². The third-order valence-corrected chi connectivity index (χ3v) is 2.19. The fourth-order valence-corrected chi connectivity index (χ4v) is 1.24. The lowest BCUT2D eigenvalue weighted by molar-refractivity contribution is -0.142. The minimum absolute atomic E-state index is 0.0912. The molecule has 0 aliphatic carbocycles. The van der Waals surface area contributed by atoms with Crippen LogP contribution in [0.5, 0.6) is 0 Å². The van der Waals surface area contributed by atoms with Gasteiger partial charge in [-0.2, -0.15) is 5.26 Å². The van der Waals surface area contributed by atoms with E-state index in [1.165, 1.54) is 13.0 Å². The second kappa shape index (κ2) is 5.66. The molecule has 5 heteroatoms. The van der Waals surface area contributed by atoms with Crippen LogP contribution in [0.2, 0.25) is 0 Å². The molecule has 1 atom stereocenters. The smallest absolute Gasteiger partial charge is 0.306 e. The zero-order chi connectivity index (χ0) is 12.8. The summed E-state index contributed by atoms with van der Waals surface area (Å²) in [6.45, 7) is 1.47. The van der Waals surface area contributed by atoms with Crippen LogP contribution < -0.4 is 5.32 Å². The van der Waals surface area contributed by atoms with Crippen LogP contribution in [-0.4, -0.2) is 17.0 Å². The normalized spacial score (nSPS) is 11.3. The molecular weight excluding hydrogens is 220 g/mol. The van der Waals surface area contributed by atoms with Crippen molar-refractivity contribution >= 4 is 17.6 Å². The Morgan fingerprint density at radius 2 is 2.24 bits per heavy atom. The van der Waals surface area contributed by atoms with Crippen LogP contribution in [0.1, 0.15) is 18.9 Å². The van der Waals surface area contributed by atoms with Gasteiger partial charge in [0, 0.05) is 12.1 Å². The number of hydrogen-bond donors (Lipinski definition) is 2. The number of aliphatic carboxylic acids is 1. The van der Waals surface area contributed by atoms with E-state index in [9.17, 15) is 9.59 Å². The summed E-state index contributed by atoms with van der Waals surface area (Å²) < 4.78 is 0. The van der Waals surface area contributed by atoms with Crippen molar-refractivity contribution < 1.29 is 14.7 Å². The van der Waals surface area contributed by atoms with Crippen molar-refractivity contribution in [3.8, 4) is 6.07 Å². The molecule has 0 fully saturated rings. The van der Waals surface area contributed by atoms with Gasteiger partial charge in [0.2, 0.25) is 5.91 Å². The lowest BCUT2D eigenvalue weighted by Crippen LogP contribution is -2.19. The van der Waals surface area contributed by atoms with Crippen molar-refractivity contribution in [3.63, 3.8) is 0 Å². The van der Waals surface area contributed by atoms with Crippen LogP contribution in [0.25, 0.3) is 0 Å². The largest absolute Gasteiger partial charge is 0.481 e. The molecule has 0 aliphatic rings. The molecule has 0 saturated carbocycles. The standard InChI is InChI=1S/C12H12N2O3/c1-8(12(16)17)5-11(15)14-10-4-2-3-9(6-10)7-13/h2-4,6,8H,5H2,1H3,(H,14,15)(H,16,17). The summed E-state index contributed by atoms with van der Waals surface area (Å²) in [7, 11) is 0. The average Bonchev–Trinajstić information content (AvgIpc) is 2.28. The zero-order valence-corrected chi connectivity index (χ0v) is 9.30. The minimum Gasteiger partial charge on any atom is -0.481 e. The summed E-state index contributed by atoms with van der Waals surface area (Å²) in [5.74, 6) is -2.12. The lowest BCUT2D eigenvalue weighted by atomic mass is 10.1. The molecular formula is C12H12N2O3. The molecule has 2 N–H and O–H groups in total. The van der Waals surface area contributed by atoms with Crippen LogP contribution in [0, 0.1) is 17.2 Å². The molecule has 0 heterocycles. The molecule has 0 aliphatic heterocycles. The number of amides is 1. The lowest BCUT2D eigenvalue weighted by Gasteiger charge is -2.07. The molecule has 88 valence electrons. The highest BCUT2D eigenvalue weighted by Gasteiger charge is 2.15. The molecule has 5 nitrogen and oxygen atoms in total. The number of carbonyl (C=O) groups excluding carboxylic acids is 1. The highest BCUT2D eigenvalue weighted by molar-refractivity contribution is 5.93. The quantitative estimate of drug-likeness (QED) is 0.825. The Morgan fingerprint density at radius 1 is 1.53 bits per heavy atom. The molecule has 1 rings (SSSR count). The van der Waals surface area contributed by atoms with E-state index in [1.54, 1.807) is 18.2 Å². The maximum Gasteiger partial charge on any atom is 0.306 e. The first-order chi connectivity index (χ1) is 8.02. The van der Waals surface area contributed by atoms with Gasteiger partial charge in [-0.1, -0.05) is 13.0 Å². The highest BCUT2D eigenvalue weighted by Crippen LogP contribution is 2.11.